The van der Waals surface area contributed by atoms with Crippen LogP contribution in [0.2, 0.25) is 0 Å². The molecule has 0 spiro atoms. The van der Waals surface area contributed by atoms with Crippen LogP contribution in [0.1, 0.15) is 37.2 Å². The highest BCUT2D eigenvalue weighted by Gasteiger charge is 2.21. The lowest BCUT2D eigenvalue weighted by Gasteiger charge is -2.22. The molecule has 0 amide bonds. The molecular formula is C17H22N2O3. The first-order chi connectivity index (χ1) is 10.8. The van der Waals surface area contributed by atoms with E-state index in [1.165, 1.54) is 0 Å². The normalized spacial score (nSPS) is 16.0. The highest BCUT2D eigenvalue weighted by molar-refractivity contribution is 5.84. The summed E-state index contributed by atoms with van der Waals surface area (Å²) in [6.45, 7) is 3.70. The number of hydrogen-bond acceptors (Lipinski definition) is 5. The highest BCUT2D eigenvalue weighted by atomic mass is 16.5. The van der Waals surface area contributed by atoms with Crippen molar-refractivity contribution in [3.8, 4) is 11.5 Å². The molecule has 3 rings (SSSR count). The Kier molecular flexibility index (Phi) is 4.43. The van der Waals surface area contributed by atoms with Crippen molar-refractivity contribution in [1.29, 1.82) is 0 Å². The van der Waals surface area contributed by atoms with Crippen LogP contribution in [0.5, 0.6) is 11.5 Å². The molecule has 0 N–H and O–H groups in total. The van der Waals surface area contributed by atoms with Gasteiger partial charge >= 0.3 is 0 Å². The first-order valence-electron chi connectivity index (χ1n) is 7.77. The summed E-state index contributed by atoms with van der Waals surface area (Å²) in [4.78, 5) is 9.60. The van der Waals surface area contributed by atoms with Gasteiger partial charge in [0, 0.05) is 30.6 Å². The summed E-state index contributed by atoms with van der Waals surface area (Å²) in [6.07, 6.45) is 2.84. The Morgan fingerprint density at radius 2 is 1.77 bits per heavy atom. The Bertz CT molecular complexity index is 666. The molecule has 22 heavy (non-hydrogen) atoms. The molecular weight excluding hydrogens is 280 g/mol. The summed E-state index contributed by atoms with van der Waals surface area (Å²) in [5, 5.41) is 1.04. The molecule has 0 aliphatic carbocycles. The summed E-state index contributed by atoms with van der Waals surface area (Å²) in [5.74, 6) is 2.73. The lowest BCUT2D eigenvalue weighted by molar-refractivity contribution is 0.0836. The molecule has 1 aromatic carbocycles. The van der Waals surface area contributed by atoms with Crippen molar-refractivity contribution in [2.75, 3.05) is 27.4 Å². The molecule has 1 fully saturated rings. The summed E-state index contributed by atoms with van der Waals surface area (Å²) in [6, 6.07) is 3.92. The van der Waals surface area contributed by atoms with Crippen molar-refractivity contribution in [2.24, 2.45) is 0 Å². The van der Waals surface area contributed by atoms with E-state index in [9.17, 15) is 0 Å². The Labute approximate surface area is 130 Å². The molecule has 1 saturated heterocycles. The Balaban J connectivity index is 2.12. The van der Waals surface area contributed by atoms with Gasteiger partial charge in [-0.25, -0.2) is 9.97 Å². The van der Waals surface area contributed by atoms with E-state index in [-0.39, 0.29) is 0 Å². The number of aryl methyl sites for hydroxylation is 1. The summed E-state index contributed by atoms with van der Waals surface area (Å²) in [5.41, 5.74) is 1.98. The molecule has 5 nitrogen and oxygen atoms in total. The van der Waals surface area contributed by atoms with Crippen molar-refractivity contribution < 1.29 is 14.2 Å². The van der Waals surface area contributed by atoms with Crippen LogP contribution in [0.25, 0.3) is 10.9 Å². The zero-order valence-corrected chi connectivity index (χ0v) is 13.4. The zero-order chi connectivity index (χ0) is 15.5. The number of fused-ring (bicyclic) bond motifs is 1. The van der Waals surface area contributed by atoms with Gasteiger partial charge in [0.25, 0.3) is 0 Å². The molecule has 0 radical (unpaired) electrons. The van der Waals surface area contributed by atoms with E-state index in [0.717, 1.165) is 54.9 Å². The molecule has 1 aliphatic rings. The highest BCUT2D eigenvalue weighted by Crippen LogP contribution is 2.34. The quantitative estimate of drug-likeness (QED) is 0.868. The van der Waals surface area contributed by atoms with Crippen LogP contribution >= 0.6 is 0 Å². The molecule has 2 aromatic rings. The number of ether oxygens (including phenoxy) is 3. The van der Waals surface area contributed by atoms with E-state index >= 15 is 0 Å². The number of aromatic nitrogens is 2. The van der Waals surface area contributed by atoms with Gasteiger partial charge in [-0.15, -0.1) is 0 Å². The number of rotatable bonds is 4. The van der Waals surface area contributed by atoms with E-state index in [1.54, 1.807) is 14.2 Å². The van der Waals surface area contributed by atoms with E-state index < -0.39 is 0 Å². The van der Waals surface area contributed by atoms with Crippen LogP contribution in [-0.4, -0.2) is 37.4 Å². The summed E-state index contributed by atoms with van der Waals surface area (Å²) < 4.78 is 16.2. The first-order valence-corrected chi connectivity index (χ1v) is 7.77. The minimum atomic E-state index is 0.386. The second-order valence-electron chi connectivity index (χ2n) is 5.49. The van der Waals surface area contributed by atoms with Gasteiger partial charge in [-0.1, -0.05) is 6.92 Å². The molecule has 2 heterocycles. The van der Waals surface area contributed by atoms with Gasteiger partial charge in [-0.2, -0.15) is 0 Å². The third-order valence-electron chi connectivity index (χ3n) is 4.22. The van der Waals surface area contributed by atoms with E-state index in [4.69, 9.17) is 24.2 Å². The number of hydrogen-bond donors (Lipinski definition) is 0. The maximum absolute atomic E-state index is 5.44. The Morgan fingerprint density at radius 1 is 1.09 bits per heavy atom. The van der Waals surface area contributed by atoms with Crippen LogP contribution < -0.4 is 9.47 Å². The maximum Gasteiger partial charge on any atom is 0.162 e. The Hall–Kier alpha value is -1.88. The molecule has 1 aliphatic heterocycles. The molecule has 1 aromatic heterocycles. The van der Waals surface area contributed by atoms with E-state index in [1.807, 2.05) is 12.1 Å². The standard InChI is InChI=1S/C17H22N2O3/c1-4-13-12-9-15(20-2)16(21-3)10-14(12)19-17(18-13)11-5-7-22-8-6-11/h9-11H,4-8H2,1-3H3. The van der Waals surface area contributed by atoms with Crippen LogP contribution in [0.4, 0.5) is 0 Å². The predicted octanol–water partition coefficient (Wildman–Crippen LogP) is 3.10. The third-order valence-corrected chi connectivity index (χ3v) is 4.22. The predicted molar refractivity (Wildman–Crippen MR) is 84.8 cm³/mol. The fourth-order valence-corrected chi connectivity index (χ4v) is 2.95. The average molecular weight is 302 g/mol. The molecule has 0 bridgehead atoms. The molecule has 0 atom stereocenters. The monoisotopic (exact) mass is 302 g/mol. The first kappa shape index (κ1) is 15.0. The zero-order valence-electron chi connectivity index (χ0n) is 13.4. The van der Waals surface area contributed by atoms with Crippen LogP contribution in [0.15, 0.2) is 12.1 Å². The molecule has 5 heteroatoms. The maximum atomic E-state index is 5.44. The average Bonchev–Trinajstić information content (AvgIpc) is 2.60. The number of methoxy groups -OCH3 is 2. The van der Waals surface area contributed by atoms with Crippen molar-refractivity contribution in [3.63, 3.8) is 0 Å². The van der Waals surface area contributed by atoms with Crippen LogP contribution in [-0.2, 0) is 11.2 Å². The largest absolute Gasteiger partial charge is 0.493 e. The van der Waals surface area contributed by atoms with Gasteiger partial charge in [-0.3, -0.25) is 0 Å². The smallest absolute Gasteiger partial charge is 0.162 e. The SMILES string of the molecule is CCc1nc(C2CCOCC2)nc2cc(OC)c(OC)cc12. The van der Waals surface area contributed by atoms with Gasteiger partial charge in [0.05, 0.1) is 25.4 Å². The summed E-state index contributed by atoms with van der Waals surface area (Å²) >= 11 is 0. The van der Waals surface area contributed by atoms with E-state index in [0.29, 0.717) is 17.4 Å². The van der Waals surface area contributed by atoms with Gasteiger partial charge in [0.15, 0.2) is 11.5 Å². The summed E-state index contributed by atoms with van der Waals surface area (Å²) in [7, 11) is 3.29. The topological polar surface area (TPSA) is 53.5 Å². The van der Waals surface area contributed by atoms with Crippen molar-refractivity contribution in [1.82, 2.24) is 9.97 Å². The third kappa shape index (κ3) is 2.73. The van der Waals surface area contributed by atoms with Gasteiger partial charge < -0.3 is 14.2 Å². The minimum Gasteiger partial charge on any atom is -0.493 e. The minimum absolute atomic E-state index is 0.386. The van der Waals surface area contributed by atoms with Gasteiger partial charge in [0.2, 0.25) is 0 Å². The second kappa shape index (κ2) is 6.48. The van der Waals surface area contributed by atoms with Crippen molar-refractivity contribution in [3.05, 3.63) is 23.7 Å². The number of nitrogens with zero attached hydrogens (tertiary/aromatic N) is 2. The molecule has 118 valence electrons. The number of benzene rings is 1. The fourth-order valence-electron chi connectivity index (χ4n) is 2.95. The molecule has 0 saturated carbocycles. The van der Waals surface area contributed by atoms with Crippen LogP contribution in [0, 0.1) is 0 Å². The lowest BCUT2D eigenvalue weighted by atomic mass is 9.98. The molecule has 0 unspecified atom stereocenters. The van der Waals surface area contributed by atoms with Crippen molar-refractivity contribution in [2.45, 2.75) is 32.1 Å². The second-order valence-corrected chi connectivity index (χ2v) is 5.49. The van der Waals surface area contributed by atoms with Gasteiger partial charge in [0.1, 0.15) is 5.82 Å². The van der Waals surface area contributed by atoms with Crippen molar-refractivity contribution >= 4 is 10.9 Å². The Morgan fingerprint density at radius 3 is 2.41 bits per heavy atom. The van der Waals surface area contributed by atoms with E-state index in [2.05, 4.69) is 6.92 Å². The van der Waals surface area contributed by atoms with Crippen LogP contribution in [0.3, 0.4) is 0 Å². The van der Waals surface area contributed by atoms with Gasteiger partial charge in [-0.05, 0) is 25.3 Å². The fraction of sp³-hybridized carbons (Fsp3) is 0.529. The lowest BCUT2D eigenvalue weighted by Crippen LogP contribution is -2.17.